The number of anilines is 1. The highest BCUT2D eigenvalue weighted by Crippen LogP contribution is 2.33. The van der Waals surface area contributed by atoms with Crippen LogP contribution in [0.25, 0.3) is 0 Å². The molecule has 31 heavy (non-hydrogen) atoms. The first-order valence-electron chi connectivity index (χ1n) is 10.3. The van der Waals surface area contributed by atoms with Crippen LogP contribution in [-0.2, 0) is 14.3 Å². The minimum absolute atomic E-state index is 0.297. The number of carbonyl (C=O) groups excluding carboxylic acids is 2. The number of benzene rings is 1. The minimum atomic E-state index is -1.68. The fourth-order valence-electron chi connectivity index (χ4n) is 3.26. The number of fused-ring (bicyclic) bond motifs is 1. The van der Waals surface area contributed by atoms with Gasteiger partial charge in [0.1, 0.15) is 24.4 Å². The number of thioether (sulfide) groups is 1. The van der Waals surface area contributed by atoms with E-state index in [-0.39, 0.29) is 5.91 Å². The Labute approximate surface area is 187 Å². The first kappa shape index (κ1) is 25.4. The molecule has 1 aliphatic heterocycles. The number of allylic oxidation sites excluding steroid dienone is 1. The molecule has 1 aromatic carbocycles. The Balaban J connectivity index is 2.03. The van der Waals surface area contributed by atoms with Crippen LogP contribution in [-0.4, -0.2) is 77.5 Å². The zero-order valence-corrected chi connectivity index (χ0v) is 18.9. The Hall–Kier alpha value is -1.91. The number of unbranched alkanes of at least 4 members (excludes halogenated alkanes) is 2. The number of ether oxygens (including phenoxy) is 1. The van der Waals surface area contributed by atoms with Crippen molar-refractivity contribution in [3.63, 3.8) is 0 Å². The van der Waals surface area contributed by atoms with Crippen LogP contribution >= 0.6 is 11.8 Å². The fraction of sp³-hybridized carbons (Fsp3) is 0.545. The molecule has 0 aromatic heterocycles. The maximum absolute atomic E-state index is 12.8. The summed E-state index contributed by atoms with van der Waals surface area (Å²) in [5.41, 5.74) is 0.756. The summed E-state index contributed by atoms with van der Waals surface area (Å²) in [5.74, 6) is -0.729. The standard InChI is InChI=1S/C22H32N2O6S/c1-4-5-6-7-11-16(25)18(26)19(27)20(30-3)21(28)23-14-13-31-17-12-9-8-10-15(17)24(2)22(14)29/h7-12,14,16,18-20,25-27H,4-6,13H2,1-3H3,(H,23,28)/t14?,16-,18+,19-,20-/m1/s1. The molecule has 0 spiro atoms. The van der Waals surface area contributed by atoms with Gasteiger partial charge in [-0.3, -0.25) is 9.59 Å². The van der Waals surface area contributed by atoms with Gasteiger partial charge in [0.05, 0.1) is 5.69 Å². The largest absolute Gasteiger partial charge is 0.387 e. The predicted octanol–water partition coefficient (Wildman–Crippen LogP) is 1.08. The number of hydrogen-bond acceptors (Lipinski definition) is 7. The first-order chi connectivity index (χ1) is 14.8. The molecule has 1 aromatic rings. The van der Waals surface area contributed by atoms with Crippen LogP contribution in [0, 0.1) is 0 Å². The van der Waals surface area contributed by atoms with Crippen LogP contribution in [0.15, 0.2) is 41.3 Å². The summed E-state index contributed by atoms with van der Waals surface area (Å²) in [4.78, 5) is 28.0. The van der Waals surface area contributed by atoms with Gasteiger partial charge in [0.25, 0.3) is 5.91 Å². The SMILES string of the molecule is CCCCC=C[C@@H](O)[C@H](O)[C@@H](O)[C@@H](OC)C(=O)NC1CSc2ccccc2N(C)C1=O. The number of hydrogen-bond donors (Lipinski definition) is 4. The number of likely N-dealkylation sites (N-methyl/N-ethyl adjacent to an activating group) is 1. The fourth-order valence-corrected chi connectivity index (χ4v) is 4.36. The Morgan fingerprint density at radius 2 is 2.03 bits per heavy atom. The van der Waals surface area contributed by atoms with Gasteiger partial charge in [-0.25, -0.2) is 0 Å². The van der Waals surface area contributed by atoms with E-state index in [1.54, 1.807) is 13.1 Å². The highest BCUT2D eigenvalue weighted by Gasteiger charge is 2.38. The van der Waals surface area contributed by atoms with Crippen molar-refractivity contribution in [2.24, 2.45) is 0 Å². The van der Waals surface area contributed by atoms with Crippen molar-refractivity contribution in [1.82, 2.24) is 5.32 Å². The van der Waals surface area contributed by atoms with Gasteiger partial charge in [0, 0.05) is 24.8 Å². The predicted molar refractivity (Wildman–Crippen MR) is 120 cm³/mol. The number of aliphatic hydroxyl groups is 3. The van der Waals surface area contributed by atoms with Gasteiger partial charge in [-0.2, -0.15) is 0 Å². The summed E-state index contributed by atoms with van der Waals surface area (Å²) in [5, 5.41) is 33.4. The number of amides is 2. The second-order valence-electron chi connectivity index (χ2n) is 7.44. The molecule has 1 aliphatic rings. The van der Waals surface area contributed by atoms with Crippen LogP contribution in [0.4, 0.5) is 5.69 Å². The van der Waals surface area contributed by atoms with Crippen molar-refractivity contribution >= 4 is 29.3 Å². The lowest BCUT2D eigenvalue weighted by Crippen LogP contribution is -2.56. The highest BCUT2D eigenvalue weighted by atomic mass is 32.2. The molecule has 1 heterocycles. The summed E-state index contributed by atoms with van der Waals surface area (Å²) in [6, 6.07) is 6.61. The third-order valence-electron chi connectivity index (χ3n) is 5.16. The molecule has 2 rings (SSSR count). The molecular formula is C22H32N2O6S. The number of carbonyl (C=O) groups is 2. The van der Waals surface area contributed by atoms with Crippen molar-refractivity contribution in [2.45, 2.75) is 61.5 Å². The number of methoxy groups -OCH3 is 1. The molecule has 0 saturated carbocycles. The van der Waals surface area contributed by atoms with E-state index in [0.29, 0.717) is 5.75 Å². The molecule has 172 valence electrons. The lowest BCUT2D eigenvalue weighted by atomic mass is 10.0. The van der Waals surface area contributed by atoms with Gasteiger partial charge in [-0.05, 0) is 18.6 Å². The van der Waals surface area contributed by atoms with Crippen molar-refractivity contribution < 1.29 is 29.6 Å². The van der Waals surface area contributed by atoms with Gasteiger partial charge >= 0.3 is 0 Å². The number of aliphatic hydroxyl groups excluding tert-OH is 3. The summed E-state index contributed by atoms with van der Waals surface area (Å²) < 4.78 is 5.10. The van der Waals surface area contributed by atoms with E-state index in [2.05, 4.69) is 5.32 Å². The zero-order valence-electron chi connectivity index (χ0n) is 18.1. The Morgan fingerprint density at radius 3 is 2.71 bits per heavy atom. The van der Waals surface area contributed by atoms with E-state index in [1.807, 2.05) is 31.2 Å². The van der Waals surface area contributed by atoms with E-state index in [1.165, 1.54) is 29.8 Å². The van der Waals surface area contributed by atoms with Gasteiger partial charge in [0.15, 0.2) is 6.10 Å². The molecule has 0 fully saturated rings. The molecule has 0 aliphatic carbocycles. The van der Waals surface area contributed by atoms with Crippen molar-refractivity contribution in [2.75, 3.05) is 24.8 Å². The summed E-state index contributed by atoms with van der Waals surface area (Å²) >= 11 is 1.44. The third kappa shape index (κ3) is 6.54. The van der Waals surface area contributed by atoms with E-state index >= 15 is 0 Å². The third-order valence-corrected chi connectivity index (χ3v) is 6.31. The van der Waals surface area contributed by atoms with Gasteiger partial charge in [0.2, 0.25) is 5.91 Å². The lowest BCUT2D eigenvalue weighted by molar-refractivity contribution is -0.150. The summed E-state index contributed by atoms with van der Waals surface area (Å²) in [7, 11) is 2.86. The molecule has 8 nitrogen and oxygen atoms in total. The molecule has 0 saturated heterocycles. The molecular weight excluding hydrogens is 420 g/mol. The number of nitrogens with zero attached hydrogens (tertiary/aromatic N) is 1. The molecule has 1 unspecified atom stereocenters. The van der Waals surface area contributed by atoms with Gasteiger partial charge in [-0.1, -0.05) is 44.1 Å². The Bertz CT molecular complexity index is 774. The Morgan fingerprint density at radius 1 is 1.32 bits per heavy atom. The normalized spacial score (nSPS) is 20.6. The average Bonchev–Trinajstić information content (AvgIpc) is 2.88. The molecule has 0 radical (unpaired) electrons. The van der Waals surface area contributed by atoms with Crippen LogP contribution in [0.5, 0.6) is 0 Å². The van der Waals surface area contributed by atoms with Crippen LogP contribution in [0.1, 0.15) is 26.2 Å². The van der Waals surface area contributed by atoms with E-state index in [0.717, 1.165) is 29.8 Å². The molecule has 4 N–H and O–H groups in total. The average molecular weight is 453 g/mol. The molecule has 2 amide bonds. The Kier molecular flexibility index (Phi) is 9.98. The van der Waals surface area contributed by atoms with Gasteiger partial charge < -0.3 is 30.3 Å². The maximum atomic E-state index is 12.8. The number of para-hydroxylation sites is 1. The van der Waals surface area contributed by atoms with E-state index < -0.39 is 36.4 Å². The monoisotopic (exact) mass is 452 g/mol. The van der Waals surface area contributed by atoms with Crippen molar-refractivity contribution in [3.8, 4) is 0 Å². The molecule has 5 atom stereocenters. The molecule has 0 bridgehead atoms. The van der Waals surface area contributed by atoms with E-state index in [9.17, 15) is 24.9 Å². The van der Waals surface area contributed by atoms with Crippen LogP contribution < -0.4 is 10.2 Å². The second-order valence-corrected chi connectivity index (χ2v) is 8.50. The topological polar surface area (TPSA) is 119 Å². The van der Waals surface area contributed by atoms with Crippen molar-refractivity contribution in [1.29, 1.82) is 0 Å². The number of nitrogens with one attached hydrogen (secondary N) is 1. The van der Waals surface area contributed by atoms with Crippen LogP contribution in [0.2, 0.25) is 0 Å². The minimum Gasteiger partial charge on any atom is -0.387 e. The van der Waals surface area contributed by atoms with E-state index in [4.69, 9.17) is 4.74 Å². The summed E-state index contributed by atoms with van der Waals surface area (Å²) in [6.45, 7) is 2.04. The molecule has 9 heteroatoms. The highest BCUT2D eigenvalue weighted by molar-refractivity contribution is 7.99. The smallest absolute Gasteiger partial charge is 0.252 e. The first-order valence-corrected chi connectivity index (χ1v) is 11.3. The van der Waals surface area contributed by atoms with Crippen molar-refractivity contribution in [3.05, 3.63) is 36.4 Å². The maximum Gasteiger partial charge on any atom is 0.252 e. The number of rotatable bonds is 10. The second kappa shape index (κ2) is 12.2. The zero-order chi connectivity index (χ0) is 23.0. The van der Waals surface area contributed by atoms with Gasteiger partial charge in [-0.15, -0.1) is 11.8 Å². The van der Waals surface area contributed by atoms with Crippen LogP contribution in [0.3, 0.4) is 0 Å². The lowest BCUT2D eigenvalue weighted by Gasteiger charge is -2.28. The summed E-state index contributed by atoms with van der Waals surface area (Å²) in [6.07, 6.45) is -0.323. The quantitative estimate of drug-likeness (QED) is 0.310.